The molecule has 0 fully saturated rings. The van der Waals surface area contributed by atoms with Gasteiger partial charge in [0.15, 0.2) is 0 Å². The van der Waals surface area contributed by atoms with Gasteiger partial charge in [-0.15, -0.1) is 0 Å². The van der Waals surface area contributed by atoms with E-state index >= 15 is 0 Å². The Labute approximate surface area is 72.9 Å². The van der Waals surface area contributed by atoms with Crippen LogP contribution in [-0.4, -0.2) is 16.5 Å². The molecule has 66 valence electrons. The Morgan fingerprint density at radius 2 is 2.50 bits per heavy atom. The molecule has 1 rings (SSSR count). The molecular weight excluding hydrogens is 150 g/mol. The molecule has 3 nitrogen and oxygen atoms in total. The zero-order valence-electron chi connectivity index (χ0n) is 7.59. The molecule has 2 N–H and O–H groups in total. The van der Waals surface area contributed by atoms with Crippen LogP contribution in [0.4, 0.5) is 0 Å². The van der Waals surface area contributed by atoms with Crippen LogP contribution >= 0.6 is 0 Å². The number of imidazole rings is 1. The lowest BCUT2D eigenvalue weighted by Crippen LogP contribution is -2.13. The molecule has 0 aliphatic heterocycles. The minimum atomic E-state index is 0.851. The fraction of sp³-hybridized carbons (Fsp3) is 0.444. The number of H-pyrrole nitrogens is 1. The first-order valence-corrected chi connectivity index (χ1v) is 4.10. The van der Waals surface area contributed by atoms with E-state index in [4.69, 9.17) is 0 Å². The van der Waals surface area contributed by atoms with Crippen molar-refractivity contribution in [2.24, 2.45) is 0 Å². The van der Waals surface area contributed by atoms with Crippen LogP contribution in [0, 0.1) is 0 Å². The maximum atomic E-state index is 3.93. The Hall–Kier alpha value is -1.09. The van der Waals surface area contributed by atoms with E-state index in [0.717, 1.165) is 18.8 Å². The summed E-state index contributed by atoms with van der Waals surface area (Å²) >= 11 is 0. The molecule has 3 heteroatoms. The third kappa shape index (κ3) is 3.34. The second-order valence-electron chi connectivity index (χ2n) is 2.99. The van der Waals surface area contributed by atoms with Crippen LogP contribution in [0.15, 0.2) is 24.2 Å². The smallest absolute Gasteiger partial charge is 0.0922 e. The average Bonchev–Trinajstić information content (AvgIpc) is 2.49. The van der Waals surface area contributed by atoms with Gasteiger partial charge in [0.2, 0.25) is 0 Å². The van der Waals surface area contributed by atoms with Gasteiger partial charge >= 0.3 is 0 Å². The van der Waals surface area contributed by atoms with Crippen molar-refractivity contribution < 1.29 is 0 Å². The fourth-order valence-corrected chi connectivity index (χ4v) is 0.864. The van der Waals surface area contributed by atoms with Gasteiger partial charge in [0.1, 0.15) is 0 Å². The van der Waals surface area contributed by atoms with Crippen LogP contribution in [0.3, 0.4) is 0 Å². The third-order valence-corrected chi connectivity index (χ3v) is 1.52. The number of rotatable bonds is 4. The predicted octanol–water partition coefficient (Wildman–Crippen LogP) is 1.47. The van der Waals surface area contributed by atoms with Crippen LogP contribution in [0.1, 0.15) is 19.5 Å². The number of hydrogen-bond donors (Lipinski definition) is 2. The molecule has 0 saturated carbocycles. The molecule has 1 aromatic rings. The van der Waals surface area contributed by atoms with Crippen molar-refractivity contribution in [3.63, 3.8) is 0 Å². The summed E-state index contributed by atoms with van der Waals surface area (Å²) in [6.07, 6.45) is 5.68. The first-order valence-electron chi connectivity index (χ1n) is 4.10. The first-order chi connectivity index (χ1) is 5.79. The maximum Gasteiger partial charge on any atom is 0.0922 e. The first kappa shape index (κ1) is 9.00. The molecule has 0 radical (unpaired) electrons. The van der Waals surface area contributed by atoms with Gasteiger partial charge < -0.3 is 10.3 Å². The summed E-state index contributed by atoms with van der Waals surface area (Å²) in [4.78, 5) is 6.96. The molecule has 0 aliphatic rings. The summed E-state index contributed by atoms with van der Waals surface area (Å²) in [6, 6.07) is 0. The van der Waals surface area contributed by atoms with Gasteiger partial charge in [0, 0.05) is 25.0 Å². The van der Waals surface area contributed by atoms with Gasteiger partial charge in [0.25, 0.3) is 0 Å². The maximum absolute atomic E-state index is 3.93. The van der Waals surface area contributed by atoms with Crippen LogP contribution in [-0.2, 0) is 6.54 Å². The fourth-order valence-electron chi connectivity index (χ4n) is 0.864. The largest absolute Gasteiger partial charge is 0.347 e. The van der Waals surface area contributed by atoms with Gasteiger partial charge in [0.05, 0.1) is 6.33 Å². The van der Waals surface area contributed by atoms with Gasteiger partial charge in [-0.3, -0.25) is 0 Å². The Balaban J connectivity index is 2.16. The average molecular weight is 165 g/mol. The van der Waals surface area contributed by atoms with Gasteiger partial charge in [-0.25, -0.2) is 4.98 Å². The molecular formula is C9H15N3. The van der Waals surface area contributed by atoms with Gasteiger partial charge in [-0.2, -0.15) is 0 Å². The van der Waals surface area contributed by atoms with E-state index in [0.29, 0.717) is 0 Å². The van der Waals surface area contributed by atoms with Crippen LogP contribution in [0.2, 0.25) is 0 Å². The molecule has 1 heterocycles. The Morgan fingerprint density at radius 3 is 3.08 bits per heavy atom. The minimum absolute atomic E-state index is 0.851. The van der Waals surface area contributed by atoms with E-state index < -0.39 is 0 Å². The molecule has 0 bridgehead atoms. The van der Waals surface area contributed by atoms with E-state index in [1.807, 2.05) is 6.20 Å². The molecule has 0 aliphatic carbocycles. The van der Waals surface area contributed by atoms with Crippen LogP contribution < -0.4 is 5.32 Å². The molecule has 0 saturated heterocycles. The number of aromatic nitrogens is 2. The molecule has 12 heavy (non-hydrogen) atoms. The van der Waals surface area contributed by atoms with Crippen molar-refractivity contribution in [3.05, 3.63) is 29.9 Å². The molecule has 0 unspecified atom stereocenters. The zero-order valence-corrected chi connectivity index (χ0v) is 7.59. The number of nitrogens with zero attached hydrogens (tertiary/aromatic N) is 1. The number of nitrogens with one attached hydrogen (secondary N) is 2. The normalized spacial score (nSPS) is 9.83. The van der Waals surface area contributed by atoms with Crippen LogP contribution in [0.25, 0.3) is 0 Å². The van der Waals surface area contributed by atoms with Crippen molar-refractivity contribution in [1.29, 1.82) is 0 Å². The summed E-state index contributed by atoms with van der Waals surface area (Å²) in [5.41, 5.74) is 2.46. The van der Waals surface area contributed by atoms with Crippen molar-refractivity contribution in [1.82, 2.24) is 15.3 Å². The van der Waals surface area contributed by atoms with Crippen molar-refractivity contribution in [2.45, 2.75) is 20.4 Å². The second kappa shape index (κ2) is 4.72. The lowest BCUT2D eigenvalue weighted by Gasteiger charge is -1.98. The highest BCUT2D eigenvalue weighted by Gasteiger charge is 1.89. The number of hydrogen-bond acceptors (Lipinski definition) is 2. The summed E-state index contributed by atoms with van der Waals surface area (Å²) < 4.78 is 0. The number of allylic oxidation sites excluding steroid dienone is 1. The lowest BCUT2D eigenvalue weighted by molar-refractivity contribution is 0.742. The molecule has 0 atom stereocenters. The zero-order chi connectivity index (χ0) is 8.81. The lowest BCUT2D eigenvalue weighted by atomic mass is 10.3. The summed E-state index contributed by atoms with van der Waals surface area (Å²) in [5.74, 6) is 0. The highest BCUT2D eigenvalue weighted by Crippen LogP contribution is 1.90. The van der Waals surface area contributed by atoms with Crippen molar-refractivity contribution in [2.75, 3.05) is 6.54 Å². The number of aromatic amines is 1. The topological polar surface area (TPSA) is 40.7 Å². The molecule has 0 spiro atoms. The predicted molar refractivity (Wildman–Crippen MR) is 49.7 cm³/mol. The van der Waals surface area contributed by atoms with Gasteiger partial charge in [-0.05, 0) is 13.8 Å². The quantitative estimate of drug-likeness (QED) is 0.524. The summed E-state index contributed by atoms with van der Waals surface area (Å²) in [7, 11) is 0. The van der Waals surface area contributed by atoms with Crippen molar-refractivity contribution >= 4 is 0 Å². The Morgan fingerprint density at radius 1 is 1.67 bits per heavy atom. The minimum Gasteiger partial charge on any atom is -0.347 e. The van der Waals surface area contributed by atoms with E-state index in [2.05, 4.69) is 35.2 Å². The Kier molecular flexibility index (Phi) is 3.54. The third-order valence-electron chi connectivity index (χ3n) is 1.52. The van der Waals surface area contributed by atoms with E-state index in [1.54, 1.807) is 6.33 Å². The summed E-state index contributed by atoms with van der Waals surface area (Å²) in [5, 5.41) is 3.27. The second-order valence-corrected chi connectivity index (χ2v) is 2.99. The van der Waals surface area contributed by atoms with E-state index in [-0.39, 0.29) is 0 Å². The van der Waals surface area contributed by atoms with E-state index in [9.17, 15) is 0 Å². The van der Waals surface area contributed by atoms with Gasteiger partial charge in [-0.1, -0.05) is 11.6 Å². The molecule has 0 amide bonds. The summed E-state index contributed by atoms with van der Waals surface area (Å²) in [6.45, 7) is 5.96. The highest BCUT2D eigenvalue weighted by molar-refractivity contribution is 4.97. The monoisotopic (exact) mass is 165 g/mol. The SMILES string of the molecule is CC(C)=CCNCc1cnc[nH]1. The van der Waals surface area contributed by atoms with E-state index in [1.165, 1.54) is 5.57 Å². The molecule has 1 aromatic heterocycles. The Bertz CT molecular complexity index is 232. The molecule has 0 aromatic carbocycles. The standard InChI is InChI=1S/C9H15N3/c1-8(2)3-4-10-5-9-6-11-7-12-9/h3,6-7,10H,4-5H2,1-2H3,(H,11,12). The van der Waals surface area contributed by atoms with Crippen LogP contribution in [0.5, 0.6) is 0 Å². The van der Waals surface area contributed by atoms with Crippen molar-refractivity contribution in [3.8, 4) is 0 Å². The highest BCUT2D eigenvalue weighted by atomic mass is 14.9.